The number of aromatic amines is 1. The first kappa shape index (κ1) is 20.7. The van der Waals surface area contributed by atoms with Crippen molar-refractivity contribution in [2.24, 2.45) is 5.73 Å². The minimum atomic E-state index is -0.128. The highest BCUT2D eigenvalue weighted by Crippen LogP contribution is 2.34. The molecular weight excluding hydrogens is 444 g/mol. The first-order valence-corrected chi connectivity index (χ1v) is 11.9. The number of H-pyrrole nitrogens is 1. The molecule has 4 aromatic heterocycles. The number of nitrogens with zero attached hydrogens (tertiary/aromatic N) is 2. The first-order valence-electron chi connectivity index (χ1n) is 11.0. The molecule has 3 N–H and O–H groups in total. The summed E-state index contributed by atoms with van der Waals surface area (Å²) in [6.07, 6.45) is 7.67. The fraction of sp³-hybridized carbons (Fsp3) is 0.111. The van der Waals surface area contributed by atoms with Gasteiger partial charge in [0, 0.05) is 27.3 Å². The number of rotatable bonds is 7. The number of fused-ring (bicyclic) bond motifs is 2. The van der Waals surface area contributed by atoms with Gasteiger partial charge in [0.1, 0.15) is 12.4 Å². The van der Waals surface area contributed by atoms with Crippen molar-refractivity contribution in [2.45, 2.75) is 12.5 Å². The van der Waals surface area contributed by atoms with Gasteiger partial charge in [-0.2, -0.15) is 5.10 Å². The van der Waals surface area contributed by atoms with Gasteiger partial charge in [0.25, 0.3) is 0 Å². The molecule has 34 heavy (non-hydrogen) atoms. The van der Waals surface area contributed by atoms with Crippen molar-refractivity contribution in [3.8, 4) is 28.1 Å². The maximum absolute atomic E-state index is 6.45. The highest BCUT2D eigenvalue weighted by atomic mass is 32.1. The van der Waals surface area contributed by atoms with Crippen LogP contribution in [-0.2, 0) is 6.42 Å². The zero-order chi connectivity index (χ0) is 22.9. The summed E-state index contributed by atoms with van der Waals surface area (Å²) in [5, 5.41) is 11.6. The lowest BCUT2D eigenvalue weighted by Crippen LogP contribution is -2.30. The Bertz CT molecular complexity index is 1570. The van der Waals surface area contributed by atoms with E-state index in [4.69, 9.17) is 19.9 Å². The van der Waals surface area contributed by atoms with Crippen LogP contribution in [-0.4, -0.2) is 27.8 Å². The van der Waals surface area contributed by atoms with Gasteiger partial charge >= 0.3 is 0 Å². The molecule has 0 fully saturated rings. The van der Waals surface area contributed by atoms with E-state index < -0.39 is 0 Å². The van der Waals surface area contributed by atoms with E-state index in [0.717, 1.165) is 39.7 Å². The molecule has 0 aliphatic carbocycles. The van der Waals surface area contributed by atoms with Gasteiger partial charge in [-0.3, -0.25) is 10.1 Å². The molecule has 168 valence electrons. The lowest BCUT2D eigenvalue weighted by molar-refractivity contribution is 0.287. The Morgan fingerprint density at radius 1 is 1.06 bits per heavy atom. The molecule has 6 nitrogen and oxygen atoms in total. The monoisotopic (exact) mass is 466 g/mol. The van der Waals surface area contributed by atoms with E-state index in [-0.39, 0.29) is 6.04 Å². The van der Waals surface area contributed by atoms with Gasteiger partial charge in [0.05, 0.1) is 36.1 Å². The summed E-state index contributed by atoms with van der Waals surface area (Å²) >= 11 is 1.75. The maximum atomic E-state index is 6.45. The van der Waals surface area contributed by atoms with Crippen LogP contribution in [0.4, 0.5) is 0 Å². The predicted octanol–water partition coefficient (Wildman–Crippen LogP) is 6.05. The Kier molecular flexibility index (Phi) is 5.33. The predicted molar refractivity (Wildman–Crippen MR) is 136 cm³/mol. The summed E-state index contributed by atoms with van der Waals surface area (Å²) in [7, 11) is 0. The number of ether oxygens (including phenoxy) is 1. The van der Waals surface area contributed by atoms with Crippen LogP contribution in [0.2, 0.25) is 0 Å². The van der Waals surface area contributed by atoms with Gasteiger partial charge in [-0.25, -0.2) is 0 Å². The summed E-state index contributed by atoms with van der Waals surface area (Å²) in [5.41, 5.74) is 12.4. The van der Waals surface area contributed by atoms with Crippen LogP contribution < -0.4 is 10.5 Å². The van der Waals surface area contributed by atoms with E-state index in [1.54, 1.807) is 30.1 Å². The van der Waals surface area contributed by atoms with Crippen molar-refractivity contribution in [2.75, 3.05) is 6.61 Å². The summed E-state index contributed by atoms with van der Waals surface area (Å²) in [6, 6.07) is 18.4. The van der Waals surface area contributed by atoms with Gasteiger partial charge < -0.3 is 14.9 Å². The van der Waals surface area contributed by atoms with E-state index in [1.165, 1.54) is 15.6 Å². The van der Waals surface area contributed by atoms with Crippen LogP contribution >= 0.6 is 11.3 Å². The molecule has 0 aliphatic rings. The molecule has 7 heteroatoms. The van der Waals surface area contributed by atoms with Crippen molar-refractivity contribution >= 4 is 32.3 Å². The molecule has 0 saturated carbocycles. The van der Waals surface area contributed by atoms with Crippen LogP contribution in [0.3, 0.4) is 0 Å². The second-order valence-corrected chi connectivity index (χ2v) is 9.19. The number of nitrogens with two attached hydrogens (primary N) is 1. The third-order valence-corrected chi connectivity index (χ3v) is 6.93. The van der Waals surface area contributed by atoms with Gasteiger partial charge in [-0.1, -0.05) is 24.3 Å². The lowest BCUT2D eigenvalue weighted by atomic mass is 9.99. The van der Waals surface area contributed by atoms with Crippen LogP contribution in [0.25, 0.3) is 43.4 Å². The second kappa shape index (κ2) is 8.78. The van der Waals surface area contributed by atoms with E-state index in [1.807, 2.05) is 24.4 Å². The van der Waals surface area contributed by atoms with Crippen LogP contribution in [0.15, 0.2) is 89.3 Å². The highest BCUT2D eigenvalue weighted by Gasteiger charge is 2.15. The van der Waals surface area contributed by atoms with Gasteiger partial charge in [0.15, 0.2) is 0 Å². The number of thiophene rings is 1. The lowest BCUT2D eigenvalue weighted by Gasteiger charge is -2.15. The minimum absolute atomic E-state index is 0.128. The van der Waals surface area contributed by atoms with Crippen LogP contribution in [0.1, 0.15) is 5.56 Å². The summed E-state index contributed by atoms with van der Waals surface area (Å²) in [4.78, 5) is 4.71. The third-order valence-electron chi connectivity index (χ3n) is 5.92. The quantitative estimate of drug-likeness (QED) is 0.299. The van der Waals surface area contributed by atoms with Crippen LogP contribution in [0.5, 0.6) is 5.75 Å². The molecule has 6 rings (SSSR count). The largest absolute Gasteiger partial charge is 0.490 e. The molecular formula is C27H22N4O2S. The molecule has 0 unspecified atom stereocenters. The Hall–Kier alpha value is -3.94. The maximum Gasteiger partial charge on any atom is 0.138 e. The average Bonchev–Trinajstić information content (AvgIpc) is 3.63. The van der Waals surface area contributed by atoms with Crippen molar-refractivity contribution < 1.29 is 9.15 Å². The van der Waals surface area contributed by atoms with E-state index in [0.29, 0.717) is 12.4 Å². The number of hydrogen-bond acceptors (Lipinski definition) is 6. The average molecular weight is 467 g/mol. The van der Waals surface area contributed by atoms with E-state index >= 15 is 0 Å². The molecule has 0 saturated heterocycles. The van der Waals surface area contributed by atoms with Crippen LogP contribution in [0, 0.1) is 0 Å². The van der Waals surface area contributed by atoms with E-state index in [2.05, 4.69) is 52.0 Å². The number of aromatic nitrogens is 3. The standard InChI is InChI=1S/C27H22N4O2S/c28-21(10-20-16-34-26-4-2-1-3-23(20)26)15-33-22-11-24(27(29-13-22)18-7-8-32-14-18)17-5-6-25-19(9-17)12-30-31-25/h1-9,11-14,16,21H,10,15,28H2,(H,30,31)/t21-/m0/s1. The van der Waals surface area contributed by atoms with Crippen molar-refractivity contribution in [3.05, 3.63) is 90.5 Å². The Labute approximate surface area is 200 Å². The topological polar surface area (TPSA) is 90.0 Å². The van der Waals surface area contributed by atoms with Gasteiger partial charge in [-0.15, -0.1) is 11.3 Å². The minimum Gasteiger partial charge on any atom is -0.490 e. The first-order chi connectivity index (χ1) is 16.7. The SMILES string of the molecule is N[C@H](COc1cnc(-c2ccoc2)c(-c2ccc3[nH]ncc3c2)c1)Cc1csc2ccccc12. The number of nitrogens with one attached hydrogen (secondary N) is 1. The molecule has 0 spiro atoms. The van der Waals surface area contributed by atoms with Gasteiger partial charge in [-0.05, 0) is 58.6 Å². The Balaban J connectivity index is 1.26. The summed E-state index contributed by atoms with van der Waals surface area (Å²) in [5.74, 6) is 0.681. The molecule has 0 amide bonds. The van der Waals surface area contributed by atoms with E-state index in [9.17, 15) is 0 Å². The smallest absolute Gasteiger partial charge is 0.138 e. The number of hydrogen-bond donors (Lipinski definition) is 2. The van der Waals surface area contributed by atoms with Crippen molar-refractivity contribution in [1.82, 2.24) is 15.2 Å². The molecule has 4 heterocycles. The number of pyridine rings is 1. The zero-order valence-electron chi connectivity index (χ0n) is 18.3. The highest BCUT2D eigenvalue weighted by molar-refractivity contribution is 7.17. The second-order valence-electron chi connectivity index (χ2n) is 8.28. The molecule has 0 radical (unpaired) electrons. The normalized spacial score (nSPS) is 12.4. The van der Waals surface area contributed by atoms with Crippen molar-refractivity contribution in [1.29, 1.82) is 0 Å². The molecule has 2 aromatic carbocycles. The third kappa shape index (κ3) is 3.96. The zero-order valence-corrected chi connectivity index (χ0v) is 19.1. The molecule has 0 aliphatic heterocycles. The molecule has 1 atom stereocenters. The molecule has 0 bridgehead atoms. The Morgan fingerprint density at radius 3 is 2.91 bits per heavy atom. The molecule has 6 aromatic rings. The van der Waals surface area contributed by atoms with Gasteiger partial charge in [0.2, 0.25) is 0 Å². The number of furan rings is 1. The number of benzene rings is 2. The fourth-order valence-corrected chi connectivity index (χ4v) is 5.20. The summed E-state index contributed by atoms with van der Waals surface area (Å²) in [6.45, 7) is 0.400. The van der Waals surface area contributed by atoms with Crippen molar-refractivity contribution in [3.63, 3.8) is 0 Å². The fourth-order valence-electron chi connectivity index (χ4n) is 4.22. The summed E-state index contributed by atoms with van der Waals surface area (Å²) < 4.78 is 12.7. The Morgan fingerprint density at radius 2 is 2.00 bits per heavy atom.